The molecular weight excluding hydrogens is 158 g/mol. The standard InChI is InChI=1S/C12H25N/c1-6-8-13-9-7-12(4,5)10-11(2)3/h13H,2,6-10H2,1,3-5H3. The van der Waals surface area contributed by atoms with E-state index in [0.717, 1.165) is 19.5 Å². The van der Waals surface area contributed by atoms with E-state index in [1.165, 1.54) is 18.4 Å². The van der Waals surface area contributed by atoms with Crippen LogP contribution in [0.25, 0.3) is 0 Å². The molecule has 0 amide bonds. The molecule has 0 atom stereocenters. The second-order valence-electron chi connectivity index (χ2n) is 4.80. The summed E-state index contributed by atoms with van der Waals surface area (Å²) in [5, 5.41) is 3.43. The lowest BCUT2D eigenvalue weighted by atomic mass is 9.83. The number of allylic oxidation sites excluding steroid dienone is 1. The number of nitrogens with one attached hydrogen (secondary N) is 1. The first-order valence-electron chi connectivity index (χ1n) is 5.33. The van der Waals surface area contributed by atoms with Crippen LogP contribution >= 0.6 is 0 Å². The van der Waals surface area contributed by atoms with Crippen LogP contribution < -0.4 is 5.32 Å². The minimum atomic E-state index is 0.409. The zero-order valence-electron chi connectivity index (χ0n) is 9.74. The predicted octanol–water partition coefficient (Wildman–Crippen LogP) is 3.37. The smallest absolute Gasteiger partial charge is 0.00437 e. The fourth-order valence-corrected chi connectivity index (χ4v) is 1.63. The molecule has 0 saturated heterocycles. The molecule has 0 unspecified atom stereocenters. The Morgan fingerprint density at radius 3 is 2.38 bits per heavy atom. The summed E-state index contributed by atoms with van der Waals surface area (Å²) in [7, 11) is 0. The van der Waals surface area contributed by atoms with Crippen molar-refractivity contribution in [3.8, 4) is 0 Å². The van der Waals surface area contributed by atoms with Crippen molar-refractivity contribution in [1.29, 1.82) is 0 Å². The van der Waals surface area contributed by atoms with Crippen molar-refractivity contribution in [3.63, 3.8) is 0 Å². The Kier molecular flexibility index (Phi) is 6.06. The van der Waals surface area contributed by atoms with Gasteiger partial charge in [-0.2, -0.15) is 0 Å². The van der Waals surface area contributed by atoms with E-state index in [4.69, 9.17) is 0 Å². The first kappa shape index (κ1) is 12.7. The summed E-state index contributed by atoms with van der Waals surface area (Å²) in [5.74, 6) is 0. The molecule has 0 aromatic carbocycles. The highest BCUT2D eigenvalue weighted by molar-refractivity contribution is 4.93. The topological polar surface area (TPSA) is 12.0 Å². The van der Waals surface area contributed by atoms with Gasteiger partial charge in [0.1, 0.15) is 0 Å². The van der Waals surface area contributed by atoms with Crippen LogP contribution in [0.4, 0.5) is 0 Å². The van der Waals surface area contributed by atoms with E-state index >= 15 is 0 Å². The fraction of sp³-hybridized carbons (Fsp3) is 0.833. The van der Waals surface area contributed by atoms with E-state index < -0.39 is 0 Å². The molecule has 0 spiro atoms. The monoisotopic (exact) mass is 183 g/mol. The van der Waals surface area contributed by atoms with Crippen molar-refractivity contribution in [2.45, 2.75) is 47.0 Å². The molecule has 0 aromatic rings. The van der Waals surface area contributed by atoms with Gasteiger partial charge in [-0.3, -0.25) is 0 Å². The first-order valence-corrected chi connectivity index (χ1v) is 5.33. The third-order valence-corrected chi connectivity index (χ3v) is 2.19. The molecule has 0 aliphatic heterocycles. The maximum atomic E-state index is 3.96. The summed E-state index contributed by atoms with van der Waals surface area (Å²) >= 11 is 0. The Morgan fingerprint density at radius 1 is 1.31 bits per heavy atom. The van der Waals surface area contributed by atoms with Gasteiger partial charge >= 0.3 is 0 Å². The van der Waals surface area contributed by atoms with Crippen LogP contribution in [-0.2, 0) is 0 Å². The Bertz CT molecular complexity index is 147. The average Bonchev–Trinajstić information content (AvgIpc) is 1.95. The van der Waals surface area contributed by atoms with Crippen LogP contribution in [0.1, 0.15) is 47.0 Å². The predicted molar refractivity (Wildman–Crippen MR) is 61.0 cm³/mol. The van der Waals surface area contributed by atoms with E-state index in [1.807, 2.05) is 0 Å². The van der Waals surface area contributed by atoms with Gasteiger partial charge in [-0.15, -0.1) is 6.58 Å². The average molecular weight is 183 g/mol. The summed E-state index contributed by atoms with van der Waals surface area (Å²) in [6, 6.07) is 0. The van der Waals surface area contributed by atoms with E-state index in [1.54, 1.807) is 0 Å². The molecule has 78 valence electrons. The van der Waals surface area contributed by atoms with E-state index in [2.05, 4.69) is 39.6 Å². The highest BCUT2D eigenvalue weighted by atomic mass is 14.8. The first-order chi connectivity index (χ1) is 5.98. The lowest BCUT2D eigenvalue weighted by Gasteiger charge is -2.24. The van der Waals surface area contributed by atoms with Crippen molar-refractivity contribution < 1.29 is 0 Å². The highest BCUT2D eigenvalue weighted by Crippen LogP contribution is 2.27. The number of hydrogen-bond donors (Lipinski definition) is 1. The Hall–Kier alpha value is -0.300. The van der Waals surface area contributed by atoms with Crippen LogP contribution in [-0.4, -0.2) is 13.1 Å². The third-order valence-electron chi connectivity index (χ3n) is 2.19. The minimum Gasteiger partial charge on any atom is -0.317 e. The number of hydrogen-bond acceptors (Lipinski definition) is 1. The molecule has 0 heterocycles. The van der Waals surface area contributed by atoms with E-state index in [0.29, 0.717) is 5.41 Å². The molecule has 1 nitrogen and oxygen atoms in total. The summed E-state index contributed by atoms with van der Waals surface area (Å²) in [5.41, 5.74) is 1.70. The van der Waals surface area contributed by atoms with Gasteiger partial charge in [0.2, 0.25) is 0 Å². The summed E-state index contributed by atoms with van der Waals surface area (Å²) in [6.45, 7) is 15.2. The van der Waals surface area contributed by atoms with Gasteiger partial charge in [-0.1, -0.05) is 26.3 Å². The van der Waals surface area contributed by atoms with Crippen LogP contribution in [0.5, 0.6) is 0 Å². The molecule has 0 saturated carbocycles. The van der Waals surface area contributed by atoms with Gasteiger partial charge in [0.15, 0.2) is 0 Å². The van der Waals surface area contributed by atoms with Crippen molar-refractivity contribution in [2.75, 3.05) is 13.1 Å². The van der Waals surface area contributed by atoms with Crippen molar-refractivity contribution in [3.05, 3.63) is 12.2 Å². The molecule has 0 aromatic heterocycles. The van der Waals surface area contributed by atoms with Crippen LogP contribution in [0.2, 0.25) is 0 Å². The molecule has 0 aliphatic rings. The third kappa shape index (κ3) is 8.04. The van der Waals surface area contributed by atoms with Crippen LogP contribution in [0.15, 0.2) is 12.2 Å². The van der Waals surface area contributed by atoms with Crippen molar-refractivity contribution >= 4 is 0 Å². The van der Waals surface area contributed by atoms with Crippen molar-refractivity contribution in [1.82, 2.24) is 5.32 Å². The number of rotatable bonds is 7. The molecule has 1 N–H and O–H groups in total. The largest absolute Gasteiger partial charge is 0.317 e. The van der Waals surface area contributed by atoms with Gasteiger partial charge < -0.3 is 5.32 Å². The molecule has 0 bridgehead atoms. The second-order valence-corrected chi connectivity index (χ2v) is 4.80. The lowest BCUT2D eigenvalue weighted by Crippen LogP contribution is -2.23. The molecule has 13 heavy (non-hydrogen) atoms. The zero-order chi connectivity index (χ0) is 10.3. The van der Waals surface area contributed by atoms with Gasteiger partial charge in [-0.25, -0.2) is 0 Å². The van der Waals surface area contributed by atoms with Crippen molar-refractivity contribution in [2.24, 2.45) is 5.41 Å². The fourth-order valence-electron chi connectivity index (χ4n) is 1.63. The molecular formula is C12H25N. The van der Waals surface area contributed by atoms with E-state index in [-0.39, 0.29) is 0 Å². The zero-order valence-corrected chi connectivity index (χ0v) is 9.74. The Morgan fingerprint density at radius 2 is 1.92 bits per heavy atom. The maximum Gasteiger partial charge on any atom is -0.00437 e. The summed E-state index contributed by atoms with van der Waals surface area (Å²) < 4.78 is 0. The molecule has 0 aliphatic carbocycles. The SMILES string of the molecule is C=C(C)CC(C)(C)CCNCCC. The van der Waals surface area contributed by atoms with Crippen LogP contribution in [0.3, 0.4) is 0 Å². The lowest BCUT2D eigenvalue weighted by molar-refractivity contribution is 0.325. The Labute approximate surface area is 83.6 Å². The molecule has 1 heteroatoms. The highest BCUT2D eigenvalue weighted by Gasteiger charge is 2.16. The van der Waals surface area contributed by atoms with Gasteiger partial charge in [-0.05, 0) is 44.7 Å². The normalized spacial score (nSPS) is 11.7. The summed E-state index contributed by atoms with van der Waals surface area (Å²) in [6.07, 6.45) is 3.60. The van der Waals surface area contributed by atoms with E-state index in [9.17, 15) is 0 Å². The molecule has 0 radical (unpaired) electrons. The van der Waals surface area contributed by atoms with Gasteiger partial charge in [0.25, 0.3) is 0 Å². The second kappa shape index (κ2) is 6.20. The molecule has 0 fully saturated rings. The summed E-state index contributed by atoms with van der Waals surface area (Å²) in [4.78, 5) is 0. The Balaban J connectivity index is 3.56. The minimum absolute atomic E-state index is 0.409. The quantitative estimate of drug-likeness (QED) is 0.471. The molecule has 0 rings (SSSR count). The van der Waals surface area contributed by atoms with Gasteiger partial charge in [0.05, 0.1) is 0 Å². The van der Waals surface area contributed by atoms with Gasteiger partial charge in [0, 0.05) is 0 Å². The maximum absolute atomic E-state index is 3.96. The van der Waals surface area contributed by atoms with Crippen LogP contribution in [0, 0.1) is 5.41 Å².